The number of carbonyl (C=O) groups excluding carboxylic acids is 1. The van der Waals surface area contributed by atoms with Gasteiger partial charge < -0.3 is 14.2 Å². The predicted molar refractivity (Wildman–Crippen MR) is 96.3 cm³/mol. The third-order valence-corrected chi connectivity index (χ3v) is 5.07. The number of phenols is 1. The molecule has 0 aromatic heterocycles. The smallest absolute Gasteiger partial charge is 0.327 e. The molecule has 0 fully saturated rings. The number of carbonyl (C=O) groups is 1. The molecule has 0 heterocycles. The molecule has 1 aromatic carbocycles. The highest BCUT2D eigenvalue weighted by molar-refractivity contribution is 7.52. The van der Waals surface area contributed by atoms with Crippen LogP contribution < -0.4 is 0 Å². The Hall–Kier alpha value is -1.16. The van der Waals surface area contributed by atoms with Gasteiger partial charge in [0.2, 0.25) is 0 Å². The van der Waals surface area contributed by atoms with Crippen molar-refractivity contribution >= 4 is 13.4 Å². The van der Waals surface area contributed by atoms with Crippen molar-refractivity contribution in [3.8, 4) is 5.75 Å². The molecule has 0 spiro atoms. The number of rotatable bonds is 5. The van der Waals surface area contributed by atoms with Crippen LogP contribution in [0.1, 0.15) is 63.0 Å². The zero-order valence-corrected chi connectivity index (χ0v) is 16.8. The topological polar surface area (TPSA) is 72.8 Å². The van der Waals surface area contributed by atoms with Crippen LogP contribution in [0.5, 0.6) is 5.75 Å². The normalized spacial score (nSPS) is 15.2. The Labute approximate surface area is 144 Å². The van der Waals surface area contributed by atoms with Crippen LogP contribution in [-0.2, 0) is 24.4 Å². The largest absolute Gasteiger partial charge is 0.507 e. The molecule has 0 saturated heterocycles. The molecule has 5 nitrogen and oxygen atoms in total. The maximum absolute atomic E-state index is 12.5. The maximum Gasteiger partial charge on any atom is 0.327 e. The molecular weight excluding hydrogens is 327 g/mol. The molecule has 1 unspecified atom stereocenters. The summed E-state index contributed by atoms with van der Waals surface area (Å²) in [6, 6.07) is 3.37. The van der Waals surface area contributed by atoms with Gasteiger partial charge in [0.25, 0.3) is 0 Å². The molecule has 0 aliphatic carbocycles. The summed E-state index contributed by atoms with van der Waals surface area (Å²) >= 11 is 0. The molecule has 0 aliphatic heterocycles. The predicted octanol–water partition coefficient (Wildman–Crippen LogP) is 4.66. The van der Waals surface area contributed by atoms with Gasteiger partial charge in [-0.05, 0) is 23.0 Å². The van der Waals surface area contributed by atoms with Crippen molar-refractivity contribution in [1.82, 2.24) is 0 Å². The molecule has 0 saturated carbocycles. The Bertz CT molecular complexity index is 630. The summed E-state index contributed by atoms with van der Waals surface area (Å²) in [6.45, 7) is 12.8. The highest BCUT2D eigenvalue weighted by Crippen LogP contribution is 2.43. The van der Waals surface area contributed by atoms with E-state index in [1.807, 2.05) is 41.5 Å². The maximum atomic E-state index is 12.5. The summed E-state index contributed by atoms with van der Waals surface area (Å²) in [7, 11) is -1.94. The van der Waals surface area contributed by atoms with E-state index in [0.717, 1.165) is 0 Å². The van der Waals surface area contributed by atoms with E-state index in [1.54, 1.807) is 12.1 Å². The molecule has 6 heteroatoms. The fraction of sp³-hybridized carbons (Fsp3) is 0.611. The van der Waals surface area contributed by atoms with Gasteiger partial charge >= 0.3 is 7.60 Å². The summed E-state index contributed by atoms with van der Waals surface area (Å²) in [6.07, 6.45) is 0. The van der Waals surface area contributed by atoms with E-state index >= 15 is 0 Å². The van der Waals surface area contributed by atoms with E-state index in [1.165, 1.54) is 13.8 Å². The highest BCUT2D eigenvalue weighted by atomic mass is 31.2. The Kier molecular flexibility index (Phi) is 6.08. The molecule has 0 bridgehead atoms. The lowest BCUT2D eigenvalue weighted by atomic mass is 9.78. The number of aromatic hydroxyl groups is 1. The van der Waals surface area contributed by atoms with E-state index in [9.17, 15) is 14.5 Å². The van der Waals surface area contributed by atoms with Crippen molar-refractivity contribution < 1.29 is 23.5 Å². The first-order valence-corrected chi connectivity index (χ1v) is 9.87. The van der Waals surface area contributed by atoms with Crippen molar-refractivity contribution in [2.75, 3.05) is 20.4 Å². The first-order chi connectivity index (χ1) is 10.7. The monoisotopic (exact) mass is 356 g/mol. The Morgan fingerprint density at radius 3 is 1.83 bits per heavy atom. The van der Waals surface area contributed by atoms with E-state index in [-0.39, 0.29) is 29.0 Å². The molecule has 0 amide bonds. The van der Waals surface area contributed by atoms with Gasteiger partial charge in [-0.15, -0.1) is 0 Å². The lowest BCUT2D eigenvalue weighted by Crippen LogP contribution is -2.19. The summed E-state index contributed by atoms with van der Waals surface area (Å²) in [5.74, 6) is -0.0874. The molecule has 1 aromatic rings. The Morgan fingerprint density at radius 2 is 1.50 bits per heavy atom. The van der Waals surface area contributed by atoms with Gasteiger partial charge in [0.15, 0.2) is 5.78 Å². The van der Waals surface area contributed by atoms with Crippen LogP contribution in [0.3, 0.4) is 0 Å². The van der Waals surface area contributed by atoms with Gasteiger partial charge in [0.1, 0.15) is 12.4 Å². The van der Waals surface area contributed by atoms with Crippen LogP contribution in [0.15, 0.2) is 12.1 Å². The SMILES string of the molecule is COP(C)(=O)OCC(=O)c1cc(C(C)(C)C)c(O)c(C(C)(C)C)c1. The van der Waals surface area contributed by atoms with E-state index in [0.29, 0.717) is 16.7 Å². The Balaban J connectivity index is 3.34. The Morgan fingerprint density at radius 1 is 1.08 bits per heavy atom. The van der Waals surface area contributed by atoms with Crippen molar-refractivity contribution in [1.29, 1.82) is 0 Å². The average Bonchev–Trinajstić information content (AvgIpc) is 2.42. The second-order valence-corrected chi connectivity index (χ2v) is 10.2. The zero-order valence-electron chi connectivity index (χ0n) is 15.9. The number of Topliss-reactive ketones (excluding diaryl/α,β-unsaturated/α-hetero) is 1. The molecule has 1 atom stereocenters. The minimum atomic E-state index is -3.22. The molecule has 1 rings (SSSR count). The summed E-state index contributed by atoms with van der Waals surface area (Å²) in [5.41, 5.74) is 1.18. The molecule has 0 aliphatic rings. The van der Waals surface area contributed by atoms with Gasteiger partial charge in [0.05, 0.1) is 0 Å². The van der Waals surface area contributed by atoms with Crippen molar-refractivity contribution in [2.45, 2.75) is 52.4 Å². The molecule has 0 radical (unpaired) electrons. The van der Waals surface area contributed by atoms with Crippen LogP contribution in [0.4, 0.5) is 0 Å². The summed E-state index contributed by atoms with van der Waals surface area (Å²) in [4.78, 5) is 12.5. The second kappa shape index (κ2) is 6.99. The van der Waals surface area contributed by atoms with Crippen molar-refractivity contribution in [2.24, 2.45) is 0 Å². The molecular formula is C18H29O5P. The number of hydrogen-bond acceptors (Lipinski definition) is 5. The second-order valence-electron chi connectivity index (χ2n) is 8.07. The van der Waals surface area contributed by atoms with Gasteiger partial charge in [-0.25, -0.2) is 0 Å². The lowest BCUT2D eigenvalue weighted by molar-refractivity contribution is 0.0906. The number of benzene rings is 1. The minimum absolute atomic E-state index is 0.213. The molecule has 136 valence electrons. The standard InChI is InChI=1S/C18H29O5P/c1-17(2,3)13-9-12(10-14(16(13)20)18(4,5)6)15(19)11-23-24(8,21)22-7/h9-10,20H,11H2,1-8H3. The van der Waals surface area contributed by atoms with E-state index in [4.69, 9.17) is 9.05 Å². The van der Waals surface area contributed by atoms with Crippen LogP contribution >= 0.6 is 7.60 Å². The molecule has 1 N–H and O–H groups in total. The first kappa shape index (κ1) is 20.9. The zero-order chi connectivity index (χ0) is 18.9. The van der Waals surface area contributed by atoms with Crippen molar-refractivity contribution in [3.05, 3.63) is 28.8 Å². The third kappa shape index (κ3) is 5.17. The highest BCUT2D eigenvalue weighted by Gasteiger charge is 2.28. The van der Waals surface area contributed by atoms with Crippen LogP contribution in [0.25, 0.3) is 0 Å². The van der Waals surface area contributed by atoms with Gasteiger partial charge in [-0.2, -0.15) is 0 Å². The van der Waals surface area contributed by atoms with Gasteiger partial charge in [0, 0.05) is 30.5 Å². The first-order valence-electron chi connectivity index (χ1n) is 7.88. The quantitative estimate of drug-likeness (QED) is 0.614. The van der Waals surface area contributed by atoms with Crippen LogP contribution in [0.2, 0.25) is 0 Å². The fourth-order valence-electron chi connectivity index (χ4n) is 2.25. The minimum Gasteiger partial charge on any atom is -0.507 e. The van der Waals surface area contributed by atoms with Crippen molar-refractivity contribution in [3.63, 3.8) is 0 Å². The summed E-state index contributed by atoms with van der Waals surface area (Å²) < 4.78 is 21.6. The van der Waals surface area contributed by atoms with Crippen LogP contribution in [0, 0.1) is 0 Å². The van der Waals surface area contributed by atoms with E-state index < -0.39 is 7.60 Å². The number of phenolic OH excluding ortho intramolecular Hbond substituents is 1. The van der Waals surface area contributed by atoms with Gasteiger partial charge in [-0.1, -0.05) is 41.5 Å². The number of hydrogen-bond donors (Lipinski definition) is 1. The van der Waals surface area contributed by atoms with Gasteiger partial charge in [-0.3, -0.25) is 9.36 Å². The number of ketones is 1. The van der Waals surface area contributed by atoms with E-state index in [2.05, 4.69) is 0 Å². The summed E-state index contributed by atoms with van der Waals surface area (Å²) in [5, 5.41) is 10.7. The fourth-order valence-corrected chi connectivity index (χ4v) is 2.71. The third-order valence-electron chi connectivity index (χ3n) is 3.81. The van der Waals surface area contributed by atoms with Crippen LogP contribution in [-0.4, -0.2) is 31.3 Å². The lowest BCUT2D eigenvalue weighted by Gasteiger charge is -2.28. The molecule has 24 heavy (non-hydrogen) atoms. The average molecular weight is 356 g/mol.